The first-order chi connectivity index (χ1) is 12.9. The number of nitriles is 1. The Morgan fingerprint density at radius 1 is 1.22 bits per heavy atom. The van der Waals surface area contributed by atoms with E-state index in [0.717, 1.165) is 4.90 Å². The molecule has 4 N–H and O–H groups in total. The molecule has 2 amide bonds. The van der Waals surface area contributed by atoms with Crippen molar-refractivity contribution in [2.24, 2.45) is 17.6 Å². The van der Waals surface area contributed by atoms with Crippen molar-refractivity contribution in [3.05, 3.63) is 65.7 Å². The number of benzene rings is 2. The van der Waals surface area contributed by atoms with Gasteiger partial charge < -0.3 is 16.2 Å². The third kappa shape index (κ3) is 3.29. The SMILES string of the molecule is CSc1ccc([C@@H]2[C@@H](C(N)=O)C(=O)N[C@](O)(c3ccccc3)[C@@H]2C#N)cc1. The fourth-order valence-corrected chi connectivity index (χ4v) is 4.00. The van der Waals surface area contributed by atoms with Gasteiger partial charge in [-0.25, -0.2) is 0 Å². The minimum absolute atomic E-state index is 0.374. The highest BCUT2D eigenvalue weighted by Gasteiger charge is 2.55. The number of amides is 2. The molecule has 0 unspecified atom stereocenters. The number of nitrogens with two attached hydrogens (primary N) is 1. The number of carbonyl (C=O) groups is 2. The van der Waals surface area contributed by atoms with E-state index in [4.69, 9.17) is 5.73 Å². The highest BCUT2D eigenvalue weighted by Crippen LogP contribution is 2.45. The van der Waals surface area contributed by atoms with Crippen molar-refractivity contribution in [3.8, 4) is 6.07 Å². The number of aliphatic hydroxyl groups is 1. The molecule has 7 heteroatoms. The average Bonchev–Trinajstić information content (AvgIpc) is 2.68. The molecule has 0 spiro atoms. The number of primary amides is 1. The molecule has 1 aliphatic rings. The zero-order chi connectivity index (χ0) is 19.6. The number of rotatable bonds is 4. The van der Waals surface area contributed by atoms with E-state index in [-0.39, 0.29) is 0 Å². The van der Waals surface area contributed by atoms with Gasteiger partial charge in [-0.05, 0) is 24.0 Å². The molecule has 0 bridgehead atoms. The van der Waals surface area contributed by atoms with Gasteiger partial charge in [0.05, 0.1) is 6.07 Å². The van der Waals surface area contributed by atoms with E-state index in [1.165, 1.54) is 0 Å². The van der Waals surface area contributed by atoms with E-state index in [9.17, 15) is 20.0 Å². The van der Waals surface area contributed by atoms with Crippen LogP contribution >= 0.6 is 11.8 Å². The third-order valence-corrected chi connectivity index (χ3v) is 5.67. The smallest absolute Gasteiger partial charge is 0.235 e. The molecule has 4 atom stereocenters. The van der Waals surface area contributed by atoms with Crippen LogP contribution in [0.5, 0.6) is 0 Å². The number of piperidine rings is 1. The second kappa shape index (κ2) is 7.43. The van der Waals surface area contributed by atoms with Crippen molar-refractivity contribution in [2.75, 3.05) is 6.26 Å². The summed E-state index contributed by atoms with van der Waals surface area (Å²) >= 11 is 1.55. The van der Waals surface area contributed by atoms with Crippen molar-refractivity contribution >= 4 is 23.6 Å². The van der Waals surface area contributed by atoms with Gasteiger partial charge >= 0.3 is 0 Å². The van der Waals surface area contributed by atoms with Gasteiger partial charge in [0.15, 0.2) is 5.72 Å². The summed E-state index contributed by atoms with van der Waals surface area (Å²) in [4.78, 5) is 25.8. The van der Waals surface area contributed by atoms with E-state index in [2.05, 4.69) is 11.4 Å². The molecule has 0 aliphatic carbocycles. The number of hydrogen-bond donors (Lipinski definition) is 3. The van der Waals surface area contributed by atoms with Crippen LogP contribution in [-0.4, -0.2) is 23.2 Å². The zero-order valence-corrected chi connectivity index (χ0v) is 15.4. The lowest BCUT2D eigenvalue weighted by atomic mass is 9.67. The minimum Gasteiger partial charge on any atom is -0.369 e. The summed E-state index contributed by atoms with van der Waals surface area (Å²) < 4.78 is 0. The van der Waals surface area contributed by atoms with E-state index < -0.39 is 35.3 Å². The van der Waals surface area contributed by atoms with Crippen LogP contribution in [0.1, 0.15) is 17.0 Å². The molecule has 2 aromatic rings. The van der Waals surface area contributed by atoms with E-state index in [0.29, 0.717) is 11.1 Å². The minimum atomic E-state index is -1.93. The second-order valence-electron chi connectivity index (χ2n) is 6.41. The molecule has 1 heterocycles. The Labute approximate surface area is 161 Å². The Morgan fingerprint density at radius 3 is 2.37 bits per heavy atom. The molecule has 2 aromatic carbocycles. The lowest BCUT2D eigenvalue weighted by Gasteiger charge is -2.44. The fraction of sp³-hybridized carbons (Fsp3) is 0.250. The first-order valence-corrected chi connectivity index (χ1v) is 9.57. The van der Waals surface area contributed by atoms with Crippen LogP contribution in [-0.2, 0) is 15.3 Å². The van der Waals surface area contributed by atoms with Gasteiger partial charge in [0.1, 0.15) is 11.8 Å². The Kier molecular flexibility index (Phi) is 5.22. The summed E-state index contributed by atoms with van der Waals surface area (Å²) in [5.41, 5.74) is 4.54. The molecule has 6 nitrogen and oxygen atoms in total. The first kappa shape index (κ1) is 19.0. The van der Waals surface area contributed by atoms with Gasteiger partial charge in [-0.3, -0.25) is 9.59 Å². The van der Waals surface area contributed by atoms with Gasteiger partial charge in [-0.2, -0.15) is 5.26 Å². The summed E-state index contributed by atoms with van der Waals surface area (Å²) in [6, 6.07) is 17.8. The maximum Gasteiger partial charge on any atom is 0.235 e. The topological polar surface area (TPSA) is 116 Å². The quantitative estimate of drug-likeness (QED) is 0.551. The van der Waals surface area contributed by atoms with Gasteiger partial charge in [-0.15, -0.1) is 11.8 Å². The van der Waals surface area contributed by atoms with Gasteiger partial charge in [-0.1, -0.05) is 42.5 Å². The summed E-state index contributed by atoms with van der Waals surface area (Å²) in [5.74, 6) is -4.75. The highest BCUT2D eigenvalue weighted by atomic mass is 32.2. The lowest BCUT2D eigenvalue weighted by molar-refractivity contribution is -0.153. The average molecular weight is 381 g/mol. The maximum absolute atomic E-state index is 12.7. The molecule has 27 heavy (non-hydrogen) atoms. The van der Waals surface area contributed by atoms with Crippen LogP contribution < -0.4 is 11.1 Å². The molecule has 1 fully saturated rings. The summed E-state index contributed by atoms with van der Waals surface area (Å²) in [7, 11) is 0. The van der Waals surface area contributed by atoms with E-state index in [1.807, 2.05) is 18.4 Å². The number of carbonyl (C=O) groups excluding carboxylic acids is 2. The first-order valence-electron chi connectivity index (χ1n) is 8.35. The largest absolute Gasteiger partial charge is 0.369 e. The predicted molar refractivity (Wildman–Crippen MR) is 101 cm³/mol. The van der Waals surface area contributed by atoms with Crippen LogP contribution in [0.3, 0.4) is 0 Å². The molecule has 3 rings (SSSR count). The Bertz CT molecular complexity index is 895. The Morgan fingerprint density at radius 2 is 1.85 bits per heavy atom. The normalized spacial score (nSPS) is 27.4. The Hall–Kier alpha value is -2.82. The Balaban J connectivity index is 2.16. The molecule has 1 aliphatic heterocycles. The molecular formula is C20H19N3O3S. The van der Waals surface area contributed by atoms with Crippen LogP contribution in [0, 0.1) is 23.2 Å². The third-order valence-electron chi connectivity index (χ3n) is 4.92. The van der Waals surface area contributed by atoms with Crippen molar-refractivity contribution in [1.29, 1.82) is 5.26 Å². The molecule has 138 valence electrons. The van der Waals surface area contributed by atoms with Crippen molar-refractivity contribution in [2.45, 2.75) is 16.5 Å². The summed E-state index contributed by atoms with van der Waals surface area (Å²) in [5, 5.41) is 23.6. The van der Waals surface area contributed by atoms with Gasteiger partial charge in [0, 0.05) is 16.4 Å². The highest BCUT2D eigenvalue weighted by molar-refractivity contribution is 7.98. The number of nitrogens with one attached hydrogen (secondary N) is 1. The fourth-order valence-electron chi connectivity index (χ4n) is 3.59. The molecule has 1 saturated heterocycles. The summed E-state index contributed by atoms with van der Waals surface area (Å²) in [6.45, 7) is 0. The molecule has 0 radical (unpaired) electrons. The van der Waals surface area contributed by atoms with Gasteiger partial charge in [0.25, 0.3) is 0 Å². The molecule has 0 aromatic heterocycles. The van der Waals surface area contributed by atoms with Crippen molar-refractivity contribution < 1.29 is 14.7 Å². The second-order valence-corrected chi connectivity index (χ2v) is 7.29. The monoisotopic (exact) mass is 381 g/mol. The van der Waals surface area contributed by atoms with Crippen molar-refractivity contribution in [3.63, 3.8) is 0 Å². The zero-order valence-electron chi connectivity index (χ0n) is 14.6. The van der Waals surface area contributed by atoms with Crippen LogP contribution in [0.25, 0.3) is 0 Å². The van der Waals surface area contributed by atoms with E-state index >= 15 is 0 Å². The van der Waals surface area contributed by atoms with E-state index in [1.54, 1.807) is 54.2 Å². The van der Waals surface area contributed by atoms with Gasteiger partial charge in [0.2, 0.25) is 11.8 Å². The van der Waals surface area contributed by atoms with Crippen LogP contribution in [0.4, 0.5) is 0 Å². The van der Waals surface area contributed by atoms with Crippen LogP contribution in [0.2, 0.25) is 0 Å². The van der Waals surface area contributed by atoms with Crippen LogP contribution in [0.15, 0.2) is 59.5 Å². The lowest BCUT2D eigenvalue weighted by Crippen LogP contribution is -2.62. The number of thioether (sulfide) groups is 1. The number of nitrogens with zero attached hydrogens (tertiary/aromatic N) is 1. The molecule has 0 saturated carbocycles. The maximum atomic E-state index is 12.7. The number of hydrogen-bond acceptors (Lipinski definition) is 5. The molecular weight excluding hydrogens is 362 g/mol. The predicted octanol–water partition coefficient (Wildman–Crippen LogP) is 1.71. The summed E-state index contributed by atoms with van der Waals surface area (Å²) in [6.07, 6.45) is 1.93. The van der Waals surface area contributed by atoms with Crippen molar-refractivity contribution in [1.82, 2.24) is 5.32 Å². The standard InChI is InChI=1S/C20H19N3O3S/c1-27-14-9-7-12(8-10-14)16-15(11-21)20(26,13-5-3-2-4-6-13)23-19(25)17(16)18(22)24/h2-10,15-17,26H,1H3,(H2,22,24)(H,23,25)/t15-,16+,17+,20+/m1/s1.